The van der Waals surface area contributed by atoms with E-state index >= 15 is 0 Å². The molecule has 2 aromatic rings. The van der Waals surface area contributed by atoms with E-state index in [0.29, 0.717) is 13.0 Å². The summed E-state index contributed by atoms with van der Waals surface area (Å²) < 4.78 is 5.59. The zero-order chi connectivity index (χ0) is 18.5. The van der Waals surface area contributed by atoms with Gasteiger partial charge >= 0.3 is 5.97 Å². The first-order chi connectivity index (χ1) is 12.6. The number of benzene rings is 2. The fraction of sp³-hybridized carbons (Fsp3) is 0.263. The molecule has 3 rings (SSSR count). The average molecular weight is 372 g/mol. The number of hydrogen-bond donors (Lipinski definition) is 2. The van der Waals surface area contributed by atoms with Crippen molar-refractivity contribution in [2.45, 2.75) is 22.8 Å². The molecule has 6 nitrogen and oxygen atoms in total. The molecule has 7 heteroatoms. The van der Waals surface area contributed by atoms with Crippen molar-refractivity contribution in [1.82, 2.24) is 0 Å². The van der Waals surface area contributed by atoms with Gasteiger partial charge in [0.25, 0.3) is 0 Å². The van der Waals surface area contributed by atoms with Crippen LogP contribution in [-0.2, 0) is 14.3 Å². The van der Waals surface area contributed by atoms with E-state index in [0.717, 1.165) is 16.1 Å². The summed E-state index contributed by atoms with van der Waals surface area (Å²) in [5, 5.41) is 9.90. The maximum absolute atomic E-state index is 12.1. The van der Waals surface area contributed by atoms with Crippen LogP contribution in [0.2, 0.25) is 0 Å². The predicted octanol–water partition coefficient (Wildman–Crippen LogP) is 2.64. The third kappa shape index (κ3) is 4.17. The van der Waals surface area contributed by atoms with Crippen LogP contribution in [0.15, 0.2) is 59.5 Å². The van der Waals surface area contributed by atoms with Crippen molar-refractivity contribution in [3.63, 3.8) is 0 Å². The summed E-state index contributed by atoms with van der Waals surface area (Å²) in [4.78, 5) is 25.9. The fourth-order valence-corrected chi connectivity index (χ4v) is 4.12. The molecule has 2 atom stereocenters. The third-order valence-electron chi connectivity index (χ3n) is 4.11. The first-order valence-corrected chi connectivity index (χ1v) is 9.14. The number of para-hydroxylation sites is 1. The second-order valence-corrected chi connectivity index (χ2v) is 7.13. The molecule has 0 spiro atoms. The van der Waals surface area contributed by atoms with E-state index in [4.69, 9.17) is 10.5 Å². The summed E-state index contributed by atoms with van der Waals surface area (Å²) >= 11 is 1.48. The summed E-state index contributed by atoms with van der Waals surface area (Å²) in [7, 11) is 0. The van der Waals surface area contributed by atoms with Gasteiger partial charge in [0.2, 0.25) is 5.91 Å². The van der Waals surface area contributed by atoms with Crippen LogP contribution in [0.5, 0.6) is 0 Å². The van der Waals surface area contributed by atoms with Crippen molar-refractivity contribution in [3.8, 4) is 0 Å². The van der Waals surface area contributed by atoms with Gasteiger partial charge in [-0.15, -0.1) is 0 Å². The highest BCUT2D eigenvalue weighted by molar-refractivity contribution is 8.00. The maximum atomic E-state index is 12.1. The van der Waals surface area contributed by atoms with Crippen molar-refractivity contribution < 1.29 is 19.4 Å². The summed E-state index contributed by atoms with van der Waals surface area (Å²) in [6, 6.07) is 16.0. The van der Waals surface area contributed by atoms with Gasteiger partial charge in [0, 0.05) is 17.9 Å². The first-order valence-electron chi connectivity index (χ1n) is 8.26. The fourth-order valence-electron chi connectivity index (χ4n) is 3.01. The molecule has 0 aliphatic carbocycles. The Kier molecular flexibility index (Phi) is 5.80. The first kappa shape index (κ1) is 18.3. The Morgan fingerprint density at radius 2 is 1.88 bits per heavy atom. The lowest BCUT2D eigenvalue weighted by Gasteiger charge is -2.31. The SMILES string of the molecule is NC(=O)COC1CCN([C@@H](C(=O)O)c2ccccc2)c2ccccc2S1. The van der Waals surface area contributed by atoms with E-state index in [1.165, 1.54) is 11.8 Å². The number of hydrogen-bond acceptors (Lipinski definition) is 5. The summed E-state index contributed by atoms with van der Waals surface area (Å²) in [5.74, 6) is -1.43. The number of thioether (sulfide) groups is 1. The Labute approximate surface area is 155 Å². The van der Waals surface area contributed by atoms with E-state index in [-0.39, 0.29) is 12.0 Å². The molecular formula is C19H20N2O4S. The van der Waals surface area contributed by atoms with Gasteiger partial charge in [-0.3, -0.25) is 4.79 Å². The molecule has 1 aliphatic heterocycles. The third-order valence-corrected chi connectivity index (χ3v) is 5.35. The van der Waals surface area contributed by atoms with Gasteiger partial charge in [0.1, 0.15) is 12.0 Å². The smallest absolute Gasteiger partial charge is 0.331 e. The molecule has 1 heterocycles. The van der Waals surface area contributed by atoms with Gasteiger partial charge in [-0.25, -0.2) is 4.79 Å². The highest BCUT2D eigenvalue weighted by Crippen LogP contribution is 2.41. The van der Waals surface area contributed by atoms with Crippen LogP contribution in [-0.4, -0.2) is 35.6 Å². The number of primary amides is 1. The number of amides is 1. The van der Waals surface area contributed by atoms with Gasteiger partial charge in [0.05, 0.1) is 5.69 Å². The number of rotatable bonds is 6. The van der Waals surface area contributed by atoms with Gasteiger partial charge in [-0.1, -0.05) is 54.2 Å². The number of ether oxygens (including phenoxy) is 1. The van der Waals surface area contributed by atoms with Crippen LogP contribution < -0.4 is 10.6 Å². The number of nitrogens with two attached hydrogens (primary N) is 1. The minimum atomic E-state index is -0.910. The van der Waals surface area contributed by atoms with Gasteiger partial charge in [0.15, 0.2) is 6.04 Å². The standard InChI is InChI=1S/C19H20N2O4S/c20-16(22)12-25-17-10-11-21(14-8-4-5-9-15(14)26-17)18(19(23)24)13-6-2-1-3-7-13/h1-9,17-18H,10-12H2,(H2,20,22)(H,23,24)/t17?,18-/m1/s1. The van der Waals surface area contributed by atoms with Crippen LogP contribution in [0, 0.1) is 0 Å². The quantitative estimate of drug-likeness (QED) is 0.810. The summed E-state index contributed by atoms with van der Waals surface area (Å²) in [5.41, 5.74) is 6.47. The lowest BCUT2D eigenvalue weighted by Crippen LogP contribution is -2.35. The molecule has 0 saturated carbocycles. The highest BCUT2D eigenvalue weighted by atomic mass is 32.2. The number of carbonyl (C=O) groups is 2. The van der Waals surface area contributed by atoms with Crippen molar-refractivity contribution in [1.29, 1.82) is 0 Å². The van der Waals surface area contributed by atoms with Gasteiger partial charge in [-0.05, 0) is 17.7 Å². The van der Waals surface area contributed by atoms with E-state index in [2.05, 4.69) is 0 Å². The van der Waals surface area contributed by atoms with E-state index < -0.39 is 17.9 Å². The second kappa shape index (κ2) is 8.25. The Bertz CT molecular complexity index is 784. The number of anilines is 1. The topological polar surface area (TPSA) is 92.9 Å². The Hall–Kier alpha value is -2.51. The molecule has 1 unspecified atom stereocenters. The number of carbonyl (C=O) groups excluding carboxylic acids is 1. The Morgan fingerprint density at radius 1 is 1.19 bits per heavy atom. The average Bonchev–Trinajstić information content (AvgIpc) is 2.81. The molecule has 2 aromatic carbocycles. The number of carboxylic acid groups (broad SMARTS) is 1. The van der Waals surface area contributed by atoms with E-state index in [1.54, 1.807) is 0 Å². The Balaban J connectivity index is 1.94. The minimum absolute atomic E-state index is 0.152. The summed E-state index contributed by atoms with van der Waals surface area (Å²) in [6.45, 7) is 0.334. The molecule has 0 fully saturated rings. The molecular weight excluding hydrogens is 352 g/mol. The van der Waals surface area contributed by atoms with Crippen LogP contribution in [0.3, 0.4) is 0 Å². The van der Waals surface area contributed by atoms with Crippen LogP contribution in [0.1, 0.15) is 18.0 Å². The van der Waals surface area contributed by atoms with Gasteiger partial charge < -0.3 is 20.5 Å². The van der Waals surface area contributed by atoms with E-state index in [9.17, 15) is 14.7 Å². The minimum Gasteiger partial charge on any atom is -0.479 e. The number of nitrogens with zero attached hydrogens (tertiary/aromatic N) is 1. The largest absolute Gasteiger partial charge is 0.479 e. The summed E-state index contributed by atoms with van der Waals surface area (Å²) in [6.07, 6.45) is 0.573. The predicted molar refractivity (Wildman–Crippen MR) is 100 cm³/mol. The normalized spacial score (nSPS) is 17.8. The van der Waals surface area contributed by atoms with Crippen LogP contribution in [0.4, 0.5) is 5.69 Å². The van der Waals surface area contributed by atoms with Crippen LogP contribution in [0.25, 0.3) is 0 Å². The van der Waals surface area contributed by atoms with Crippen molar-refractivity contribution in [3.05, 3.63) is 60.2 Å². The maximum Gasteiger partial charge on any atom is 0.331 e. The Morgan fingerprint density at radius 3 is 2.58 bits per heavy atom. The number of aliphatic carboxylic acids is 1. The van der Waals surface area contributed by atoms with Crippen molar-refractivity contribution in [2.24, 2.45) is 5.73 Å². The zero-order valence-corrected chi connectivity index (χ0v) is 14.9. The molecule has 0 bridgehead atoms. The molecule has 0 radical (unpaired) electrons. The monoisotopic (exact) mass is 372 g/mol. The van der Waals surface area contributed by atoms with Crippen molar-refractivity contribution >= 4 is 29.3 Å². The van der Waals surface area contributed by atoms with Gasteiger partial charge in [-0.2, -0.15) is 0 Å². The molecule has 1 amide bonds. The zero-order valence-electron chi connectivity index (χ0n) is 14.1. The number of fused-ring (bicyclic) bond motifs is 1. The van der Waals surface area contributed by atoms with Crippen molar-refractivity contribution in [2.75, 3.05) is 18.1 Å². The highest BCUT2D eigenvalue weighted by Gasteiger charge is 2.32. The lowest BCUT2D eigenvalue weighted by atomic mass is 10.0. The number of carboxylic acids is 1. The molecule has 26 heavy (non-hydrogen) atoms. The molecule has 0 saturated heterocycles. The molecule has 1 aliphatic rings. The molecule has 0 aromatic heterocycles. The lowest BCUT2D eigenvalue weighted by molar-refractivity contribution is -0.138. The second-order valence-electron chi connectivity index (χ2n) is 5.93. The molecule has 3 N–H and O–H groups in total. The molecule has 136 valence electrons. The van der Waals surface area contributed by atoms with Crippen LogP contribution >= 0.6 is 11.8 Å². The van der Waals surface area contributed by atoms with E-state index in [1.807, 2.05) is 59.5 Å².